The molecule has 2 aromatic rings. The van der Waals surface area contributed by atoms with E-state index in [2.05, 4.69) is 0 Å². The monoisotopic (exact) mass is 345 g/mol. The van der Waals surface area contributed by atoms with Gasteiger partial charge in [-0.1, -0.05) is 24.3 Å². The van der Waals surface area contributed by atoms with E-state index in [1.54, 1.807) is 14.0 Å². The lowest BCUT2D eigenvalue weighted by molar-refractivity contribution is -0.664. The molecule has 2 aromatic carbocycles. The quantitative estimate of drug-likeness (QED) is 0.840. The first kappa shape index (κ1) is 18.7. The van der Waals surface area contributed by atoms with Gasteiger partial charge in [0, 0.05) is 12.8 Å². The molecule has 1 aliphatic rings. The Kier molecular flexibility index (Phi) is 6.36. The molecule has 3 N–H and O–H groups in total. The van der Waals surface area contributed by atoms with Crippen LogP contribution in [0.3, 0.4) is 0 Å². The van der Waals surface area contributed by atoms with Gasteiger partial charge in [0.25, 0.3) is 0 Å². The Morgan fingerprint density at radius 2 is 1.92 bits per heavy atom. The zero-order chi connectivity index (χ0) is 18.4. The number of fused-ring (bicyclic) bond motifs is 1. The number of benzene rings is 2. The van der Waals surface area contributed by atoms with Crippen molar-refractivity contribution in [1.82, 2.24) is 0 Å². The summed E-state index contributed by atoms with van der Waals surface area (Å²) in [5.74, 6) is -1.40. The highest BCUT2D eigenvalue weighted by Gasteiger charge is 2.18. The fraction of sp³-hybridized carbons (Fsp3) is 0.368. The molecular formula is C19H23NO5. The molecule has 6 heteroatoms. The lowest BCUT2D eigenvalue weighted by Crippen LogP contribution is -2.89. The van der Waals surface area contributed by atoms with Crippen LogP contribution in [0, 0.1) is 0 Å². The van der Waals surface area contributed by atoms with Gasteiger partial charge in [0.1, 0.15) is 11.8 Å². The van der Waals surface area contributed by atoms with Gasteiger partial charge in [-0.25, -0.2) is 0 Å². The molecule has 0 radical (unpaired) electrons. The summed E-state index contributed by atoms with van der Waals surface area (Å²) in [6.45, 7) is 2.63. The number of quaternary nitrogens is 1. The second-order valence-corrected chi connectivity index (χ2v) is 6.12. The fourth-order valence-corrected chi connectivity index (χ4v) is 2.77. The van der Waals surface area contributed by atoms with Crippen molar-refractivity contribution in [2.45, 2.75) is 31.7 Å². The van der Waals surface area contributed by atoms with E-state index in [1.807, 2.05) is 41.7 Å². The number of aliphatic carboxylic acids is 2. The van der Waals surface area contributed by atoms with E-state index in [4.69, 9.17) is 9.84 Å². The van der Waals surface area contributed by atoms with Crippen LogP contribution >= 0.6 is 0 Å². The van der Waals surface area contributed by atoms with Gasteiger partial charge in [0.05, 0.1) is 25.5 Å². The van der Waals surface area contributed by atoms with Crippen molar-refractivity contribution in [3.63, 3.8) is 0 Å². The molecule has 134 valence electrons. The Labute approximate surface area is 146 Å². The molecular weight excluding hydrogens is 322 g/mol. The number of ether oxygens (including phenoxy) is 1. The molecule has 1 heterocycles. The number of nitrogens with two attached hydrogens (primary N) is 1. The van der Waals surface area contributed by atoms with Crippen LogP contribution in [0.5, 0.6) is 5.75 Å². The maximum Gasteiger partial charge on any atom is 0.310 e. The fourth-order valence-electron chi connectivity index (χ4n) is 2.77. The zero-order valence-electron chi connectivity index (χ0n) is 14.4. The first-order chi connectivity index (χ1) is 11.9. The molecule has 3 rings (SSSR count). The molecule has 6 nitrogen and oxygen atoms in total. The summed E-state index contributed by atoms with van der Waals surface area (Å²) in [4.78, 5) is 21.0. The molecule has 0 amide bonds. The average molecular weight is 345 g/mol. The predicted octanol–water partition coefficient (Wildman–Crippen LogP) is 0.499. The van der Waals surface area contributed by atoms with Gasteiger partial charge in [-0.15, -0.1) is 0 Å². The summed E-state index contributed by atoms with van der Waals surface area (Å²) in [5.41, 5.74) is 0.815. The van der Waals surface area contributed by atoms with Crippen molar-refractivity contribution < 1.29 is 29.9 Å². The molecule has 0 aromatic heterocycles. The van der Waals surface area contributed by atoms with Crippen LogP contribution in [0.25, 0.3) is 10.8 Å². The van der Waals surface area contributed by atoms with Gasteiger partial charge >= 0.3 is 5.97 Å². The van der Waals surface area contributed by atoms with E-state index in [0.717, 1.165) is 41.5 Å². The summed E-state index contributed by atoms with van der Waals surface area (Å²) in [6, 6.07) is 11.2. The van der Waals surface area contributed by atoms with Crippen LogP contribution in [0.1, 0.15) is 31.2 Å². The summed E-state index contributed by atoms with van der Waals surface area (Å²) in [6.07, 6.45) is 1.79. The third-order valence-corrected chi connectivity index (χ3v) is 4.42. The van der Waals surface area contributed by atoms with Crippen LogP contribution in [0.15, 0.2) is 36.4 Å². The molecule has 0 aliphatic carbocycles. The van der Waals surface area contributed by atoms with E-state index < -0.39 is 17.9 Å². The maximum atomic E-state index is 10.9. The summed E-state index contributed by atoms with van der Waals surface area (Å²) < 4.78 is 5.14. The summed E-state index contributed by atoms with van der Waals surface area (Å²) >= 11 is 0. The number of carboxylic acid groups (broad SMARTS) is 2. The standard InChI is InChI=1S/C14H14O3.C5H9NO2/c1-9(14(15)16)10-3-4-12-8-13(17-2)6-5-11(12)7-10;7-5(8)4-2-1-3-6-4/h3-9H,1-2H3,(H,15,16);4,6H,1-3H2,(H,7,8)/t9-;4-/m01/s1. The minimum atomic E-state index is -0.914. The largest absolute Gasteiger partial charge is 0.544 e. The minimum Gasteiger partial charge on any atom is -0.544 e. The second kappa shape index (κ2) is 8.48. The van der Waals surface area contributed by atoms with Gasteiger partial charge in [-0.3, -0.25) is 4.79 Å². The lowest BCUT2D eigenvalue weighted by atomic mass is 9.98. The van der Waals surface area contributed by atoms with Crippen LogP contribution in [-0.4, -0.2) is 36.7 Å². The Bertz CT molecular complexity index is 753. The first-order valence-corrected chi connectivity index (χ1v) is 8.27. The highest BCUT2D eigenvalue weighted by molar-refractivity contribution is 5.86. The second-order valence-electron chi connectivity index (χ2n) is 6.12. The van der Waals surface area contributed by atoms with E-state index >= 15 is 0 Å². The molecule has 0 bridgehead atoms. The van der Waals surface area contributed by atoms with E-state index in [1.165, 1.54) is 0 Å². The van der Waals surface area contributed by atoms with Crippen molar-refractivity contribution in [3.05, 3.63) is 42.0 Å². The molecule has 2 atom stereocenters. The molecule has 1 saturated heterocycles. The number of rotatable bonds is 4. The Morgan fingerprint density at radius 3 is 2.44 bits per heavy atom. The van der Waals surface area contributed by atoms with Crippen molar-refractivity contribution in [3.8, 4) is 5.75 Å². The van der Waals surface area contributed by atoms with Gasteiger partial charge in [0.15, 0.2) is 0 Å². The molecule has 0 unspecified atom stereocenters. The first-order valence-electron chi connectivity index (χ1n) is 8.27. The topological polar surface area (TPSA) is 103 Å². The number of methoxy groups -OCH3 is 1. The van der Waals surface area contributed by atoms with Gasteiger partial charge < -0.3 is 25.1 Å². The molecule has 1 fully saturated rings. The van der Waals surface area contributed by atoms with Crippen molar-refractivity contribution in [1.29, 1.82) is 0 Å². The highest BCUT2D eigenvalue weighted by Crippen LogP contribution is 2.25. The summed E-state index contributed by atoms with van der Waals surface area (Å²) in [5, 5.41) is 22.9. The normalized spacial score (nSPS) is 17.4. The number of carbonyl (C=O) groups is 2. The number of carbonyl (C=O) groups excluding carboxylic acids is 1. The third kappa shape index (κ3) is 4.93. The van der Waals surface area contributed by atoms with Crippen molar-refractivity contribution in [2.75, 3.05) is 13.7 Å². The Hall–Kier alpha value is -2.60. The third-order valence-electron chi connectivity index (χ3n) is 4.42. The van der Waals surface area contributed by atoms with Crippen molar-refractivity contribution >= 4 is 22.7 Å². The van der Waals surface area contributed by atoms with E-state index in [0.29, 0.717) is 0 Å². The zero-order valence-corrected chi connectivity index (χ0v) is 14.4. The van der Waals surface area contributed by atoms with Crippen LogP contribution in [-0.2, 0) is 9.59 Å². The number of hydrogen-bond acceptors (Lipinski definition) is 4. The number of hydrogen-bond donors (Lipinski definition) is 2. The van der Waals surface area contributed by atoms with Crippen molar-refractivity contribution in [2.24, 2.45) is 0 Å². The number of carboxylic acids is 2. The van der Waals surface area contributed by atoms with Crippen LogP contribution in [0.4, 0.5) is 0 Å². The van der Waals surface area contributed by atoms with E-state index in [-0.39, 0.29) is 6.04 Å². The Balaban J connectivity index is 0.000000236. The average Bonchev–Trinajstić information content (AvgIpc) is 3.15. The molecule has 0 spiro atoms. The molecule has 25 heavy (non-hydrogen) atoms. The SMILES string of the molecule is COc1ccc2cc([C@H](C)C(=O)O)ccc2c1.O=C([O-])[C@H]1CCC[NH2+]1. The van der Waals surface area contributed by atoms with E-state index in [9.17, 15) is 14.7 Å². The Morgan fingerprint density at radius 1 is 1.24 bits per heavy atom. The lowest BCUT2D eigenvalue weighted by Gasteiger charge is -2.08. The minimum absolute atomic E-state index is 0.255. The highest BCUT2D eigenvalue weighted by atomic mass is 16.5. The van der Waals surface area contributed by atoms with Crippen LogP contribution in [0.2, 0.25) is 0 Å². The molecule has 0 saturated carbocycles. The molecule has 1 aliphatic heterocycles. The van der Waals surface area contributed by atoms with Gasteiger partial charge in [-0.05, 0) is 35.4 Å². The van der Waals surface area contributed by atoms with Gasteiger partial charge in [0.2, 0.25) is 0 Å². The predicted molar refractivity (Wildman–Crippen MR) is 91.4 cm³/mol. The summed E-state index contributed by atoms with van der Waals surface area (Å²) in [7, 11) is 1.63. The maximum absolute atomic E-state index is 10.9. The van der Waals surface area contributed by atoms with Gasteiger partial charge in [-0.2, -0.15) is 0 Å². The smallest absolute Gasteiger partial charge is 0.310 e. The van der Waals surface area contributed by atoms with Crippen LogP contribution < -0.4 is 15.2 Å².